The Morgan fingerprint density at radius 3 is 2.52 bits per heavy atom. The van der Waals surface area contributed by atoms with Gasteiger partial charge in [-0.2, -0.15) is 0 Å². The van der Waals surface area contributed by atoms with Gasteiger partial charge in [-0.05, 0) is 24.9 Å². The standard InChI is InChI=1S/C16H23NO4/c1-20-16(19)12-17-11-7-3-6-10-15(18)21-13-14-8-4-2-5-9-14/h2,4-5,8-9,17H,3,6-7,10-13H2,1H3. The predicted molar refractivity (Wildman–Crippen MR) is 79.6 cm³/mol. The van der Waals surface area contributed by atoms with Crippen molar-refractivity contribution < 1.29 is 19.1 Å². The number of carbonyl (C=O) groups excluding carboxylic acids is 2. The van der Waals surface area contributed by atoms with E-state index in [1.807, 2.05) is 30.3 Å². The number of methoxy groups -OCH3 is 1. The number of unbranched alkanes of at least 4 members (excludes halogenated alkanes) is 2. The van der Waals surface area contributed by atoms with E-state index in [-0.39, 0.29) is 18.5 Å². The first-order valence-corrected chi connectivity index (χ1v) is 7.19. The van der Waals surface area contributed by atoms with Crippen molar-refractivity contribution >= 4 is 11.9 Å². The van der Waals surface area contributed by atoms with Gasteiger partial charge in [0.15, 0.2) is 0 Å². The molecule has 0 bridgehead atoms. The predicted octanol–water partition coefficient (Wildman–Crippen LogP) is 2.05. The summed E-state index contributed by atoms with van der Waals surface area (Å²) < 4.78 is 9.70. The van der Waals surface area contributed by atoms with Gasteiger partial charge in [0.2, 0.25) is 0 Å². The first kappa shape index (κ1) is 17.2. The number of carbonyl (C=O) groups is 2. The summed E-state index contributed by atoms with van der Waals surface area (Å²) >= 11 is 0. The monoisotopic (exact) mass is 293 g/mol. The molecular formula is C16H23NO4. The highest BCUT2D eigenvalue weighted by molar-refractivity contribution is 5.71. The van der Waals surface area contributed by atoms with E-state index < -0.39 is 0 Å². The molecule has 5 nitrogen and oxygen atoms in total. The lowest BCUT2D eigenvalue weighted by molar-refractivity contribution is -0.145. The van der Waals surface area contributed by atoms with Gasteiger partial charge in [0, 0.05) is 6.42 Å². The molecule has 1 N–H and O–H groups in total. The van der Waals surface area contributed by atoms with Crippen LogP contribution in [0.15, 0.2) is 30.3 Å². The lowest BCUT2D eigenvalue weighted by atomic mass is 10.2. The van der Waals surface area contributed by atoms with E-state index in [1.165, 1.54) is 7.11 Å². The lowest BCUT2D eigenvalue weighted by Crippen LogP contribution is -2.24. The summed E-state index contributed by atoms with van der Waals surface area (Å²) in [5.74, 6) is -0.430. The summed E-state index contributed by atoms with van der Waals surface area (Å²) in [4.78, 5) is 22.4. The smallest absolute Gasteiger partial charge is 0.319 e. The fourth-order valence-electron chi connectivity index (χ4n) is 1.77. The van der Waals surface area contributed by atoms with Crippen molar-refractivity contribution in [1.29, 1.82) is 0 Å². The molecule has 1 aromatic rings. The summed E-state index contributed by atoms with van der Waals surface area (Å²) in [6.45, 7) is 1.31. The van der Waals surface area contributed by atoms with E-state index in [9.17, 15) is 9.59 Å². The second kappa shape index (κ2) is 10.9. The van der Waals surface area contributed by atoms with E-state index in [1.54, 1.807) is 0 Å². The van der Waals surface area contributed by atoms with Crippen molar-refractivity contribution in [3.8, 4) is 0 Å². The SMILES string of the molecule is COC(=O)CNCCCCCC(=O)OCc1ccccc1. The molecule has 0 atom stereocenters. The van der Waals surface area contributed by atoms with E-state index in [0.717, 1.165) is 31.4 Å². The minimum absolute atomic E-state index is 0.165. The van der Waals surface area contributed by atoms with Gasteiger partial charge in [0.1, 0.15) is 6.61 Å². The summed E-state index contributed by atoms with van der Waals surface area (Å²) in [6, 6.07) is 9.63. The molecule has 21 heavy (non-hydrogen) atoms. The average molecular weight is 293 g/mol. The zero-order valence-electron chi connectivity index (χ0n) is 12.5. The number of nitrogens with one attached hydrogen (secondary N) is 1. The van der Waals surface area contributed by atoms with Gasteiger partial charge in [-0.3, -0.25) is 9.59 Å². The van der Waals surface area contributed by atoms with Crippen LogP contribution in [-0.2, 0) is 25.7 Å². The first-order chi connectivity index (χ1) is 10.2. The van der Waals surface area contributed by atoms with Crippen LogP contribution in [-0.4, -0.2) is 32.1 Å². The number of ether oxygens (including phenoxy) is 2. The van der Waals surface area contributed by atoms with Crippen molar-refractivity contribution in [2.75, 3.05) is 20.2 Å². The highest BCUT2D eigenvalue weighted by atomic mass is 16.5. The van der Waals surface area contributed by atoms with Crippen LogP contribution < -0.4 is 5.32 Å². The number of hydrogen-bond donors (Lipinski definition) is 1. The molecule has 1 rings (SSSR count). The Morgan fingerprint density at radius 2 is 1.81 bits per heavy atom. The third-order valence-electron chi connectivity index (χ3n) is 2.97. The Labute approximate surface area is 125 Å². The third-order valence-corrected chi connectivity index (χ3v) is 2.97. The maximum absolute atomic E-state index is 11.5. The van der Waals surface area contributed by atoms with Crippen LogP contribution in [0.4, 0.5) is 0 Å². The molecular weight excluding hydrogens is 270 g/mol. The van der Waals surface area contributed by atoms with Crippen LogP contribution in [0.25, 0.3) is 0 Å². The number of esters is 2. The summed E-state index contributed by atoms with van der Waals surface area (Å²) in [6.07, 6.45) is 3.08. The van der Waals surface area contributed by atoms with E-state index in [4.69, 9.17) is 4.74 Å². The quantitative estimate of drug-likeness (QED) is 0.528. The van der Waals surface area contributed by atoms with Gasteiger partial charge in [0.05, 0.1) is 13.7 Å². The molecule has 0 aliphatic heterocycles. The lowest BCUT2D eigenvalue weighted by Gasteiger charge is -2.05. The molecule has 0 aromatic heterocycles. The van der Waals surface area contributed by atoms with Gasteiger partial charge in [-0.15, -0.1) is 0 Å². The van der Waals surface area contributed by atoms with Crippen molar-refractivity contribution in [1.82, 2.24) is 5.32 Å². The van der Waals surface area contributed by atoms with Crippen molar-refractivity contribution in [3.05, 3.63) is 35.9 Å². The fraction of sp³-hybridized carbons (Fsp3) is 0.500. The molecule has 0 aliphatic rings. The van der Waals surface area contributed by atoms with Gasteiger partial charge >= 0.3 is 11.9 Å². The number of hydrogen-bond acceptors (Lipinski definition) is 5. The Hall–Kier alpha value is -1.88. The highest BCUT2D eigenvalue weighted by Gasteiger charge is 2.03. The highest BCUT2D eigenvalue weighted by Crippen LogP contribution is 2.04. The molecule has 0 heterocycles. The van der Waals surface area contributed by atoms with Crippen LogP contribution in [0.2, 0.25) is 0 Å². The molecule has 1 aromatic carbocycles. The summed E-state index contributed by atoms with van der Waals surface area (Å²) in [7, 11) is 1.37. The summed E-state index contributed by atoms with van der Waals surface area (Å²) in [5, 5.41) is 2.98. The van der Waals surface area contributed by atoms with Crippen LogP contribution in [0.1, 0.15) is 31.2 Å². The van der Waals surface area contributed by atoms with E-state index in [2.05, 4.69) is 10.1 Å². The van der Waals surface area contributed by atoms with Gasteiger partial charge in [0.25, 0.3) is 0 Å². The molecule has 0 saturated carbocycles. The zero-order chi connectivity index (χ0) is 15.3. The fourth-order valence-corrected chi connectivity index (χ4v) is 1.77. The van der Waals surface area contributed by atoms with Crippen molar-refractivity contribution in [2.24, 2.45) is 0 Å². The van der Waals surface area contributed by atoms with Crippen LogP contribution in [0, 0.1) is 0 Å². The molecule has 0 unspecified atom stereocenters. The Balaban J connectivity index is 1.95. The maximum Gasteiger partial charge on any atom is 0.319 e. The Kier molecular flexibility index (Phi) is 8.88. The van der Waals surface area contributed by atoms with Gasteiger partial charge < -0.3 is 14.8 Å². The maximum atomic E-state index is 11.5. The normalized spacial score (nSPS) is 10.1. The molecule has 0 fully saturated rings. The number of rotatable bonds is 10. The number of benzene rings is 1. The molecule has 0 aliphatic carbocycles. The first-order valence-electron chi connectivity index (χ1n) is 7.19. The molecule has 0 amide bonds. The molecule has 5 heteroatoms. The second-order valence-corrected chi connectivity index (χ2v) is 4.71. The Morgan fingerprint density at radius 1 is 1.05 bits per heavy atom. The average Bonchev–Trinajstić information content (AvgIpc) is 2.52. The van der Waals surface area contributed by atoms with Gasteiger partial charge in [-0.1, -0.05) is 36.8 Å². The minimum atomic E-state index is -0.264. The summed E-state index contributed by atoms with van der Waals surface area (Å²) in [5.41, 5.74) is 0.998. The Bertz CT molecular complexity index is 420. The van der Waals surface area contributed by atoms with Crippen LogP contribution >= 0.6 is 0 Å². The second-order valence-electron chi connectivity index (χ2n) is 4.71. The molecule has 116 valence electrons. The zero-order valence-corrected chi connectivity index (χ0v) is 12.5. The van der Waals surface area contributed by atoms with Crippen molar-refractivity contribution in [3.63, 3.8) is 0 Å². The van der Waals surface area contributed by atoms with Crippen LogP contribution in [0.3, 0.4) is 0 Å². The van der Waals surface area contributed by atoms with E-state index in [0.29, 0.717) is 13.0 Å². The molecule has 0 spiro atoms. The molecule has 0 saturated heterocycles. The van der Waals surface area contributed by atoms with Crippen molar-refractivity contribution in [2.45, 2.75) is 32.3 Å². The van der Waals surface area contributed by atoms with Gasteiger partial charge in [-0.25, -0.2) is 0 Å². The van der Waals surface area contributed by atoms with E-state index >= 15 is 0 Å². The van der Waals surface area contributed by atoms with Crippen LogP contribution in [0.5, 0.6) is 0 Å². The topological polar surface area (TPSA) is 64.6 Å². The largest absolute Gasteiger partial charge is 0.468 e. The molecule has 0 radical (unpaired) electrons. The minimum Gasteiger partial charge on any atom is -0.468 e. The third kappa shape index (κ3) is 8.81.